The first kappa shape index (κ1) is 9.38. The minimum absolute atomic E-state index is 0.484. The fourth-order valence-electron chi connectivity index (χ4n) is 0.377. The first-order chi connectivity index (χ1) is 4.33. The van der Waals surface area contributed by atoms with Gasteiger partial charge in [-0.1, -0.05) is 0 Å². The van der Waals surface area contributed by atoms with Gasteiger partial charge in [-0.2, -0.15) is 0 Å². The molecule has 1 atom stereocenters. The van der Waals surface area contributed by atoms with Crippen LogP contribution in [-0.4, -0.2) is 37.5 Å². The summed E-state index contributed by atoms with van der Waals surface area (Å²) in [5.74, 6) is -1.01. The van der Waals surface area contributed by atoms with Crippen molar-refractivity contribution in [3.05, 3.63) is 0 Å². The van der Waals surface area contributed by atoms with E-state index in [1.165, 1.54) is 0 Å². The number of nitrogens with two attached hydrogens (primary N) is 1. The van der Waals surface area contributed by atoms with Crippen molar-refractivity contribution in [2.45, 2.75) is 6.10 Å². The molecule has 0 fully saturated rings. The highest BCUT2D eigenvalue weighted by Gasteiger charge is 2.13. The van der Waals surface area contributed by atoms with Crippen molar-refractivity contribution in [2.24, 2.45) is 5.73 Å². The van der Waals surface area contributed by atoms with Crippen molar-refractivity contribution < 1.29 is 13.5 Å². The zero-order chi connectivity index (χ0) is 8.36. The van der Waals surface area contributed by atoms with E-state index in [0.29, 0.717) is 0 Å². The zero-order valence-corrected chi connectivity index (χ0v) is 6.35. The summed E-state index contributed by atoms with van der Waals surface area (Å²) in [7, 11) is -3.24. The van der Waals surface area contributed by atoms with E-state index in [2.05, 4.69) is 0 Å². The van der Waals surface area contributed by atoms with Gasteiger partial charge >= 0.3 is 0 Å². The SMILES string of the molecule is CS(=O)(=O)C[C@H](O)C(=N)N. The first-order valence-electron chi connectivity index (χ1n) is 2.52. The zero-order valence-electron chi connectivity index (χ0n) is 5.53. The van der Waals surface area contributed by atoms with Gasteiger partial charge in [0.25, 0.3) is 0 Å². The molecular formula is C4H10N2O3S. The van der Waals surface area contributed by atoms with Gasteiger partial charge in [0, 0.05) is 6.26 Å². The quantitative estimate of drug-likeness (QED) is 0.344. The van der Waals surface area contributed by atoms with Crippen LogP contribution in [0.1, 0.15) is 0 Å². The fourth-order valence-corrected chi connectivity index (χ4v) is 1.13. The molecule has 0 aliphatic heterocycles. The third kappa shape index (κ3) is 4.28. The Morgan fingerprint density at radius 3 is 2.30 bits per heavy atom. The van der Waals surface area contributed by atoms with Gasteiger partial charge in [0.2, 0.25) is 0 Å². The normalized spacial score (nSPS) is 14.6. The van der Waals surface area contributed by atoms with E-state index in [9.17, 15) is 8.42 Å². The summed E-state index contributed by atoms with van der Waals surface area (Å²) in [6, 6.07) is 0. The van der Waals surface area contributed by atoms with Gasteiger partial charge in [-0.3, -0.25) is 5.41 Å². The molecule has 0 aromatic rings. The summed E-state index contributed by atoms with van der Waals surface area (Å²) in [5.41, 5.74) is 4.81. The van der Waals surface area contributed by atoms with Crippen LogP contribution in [0.3, 0.4) is 0 Å². The summed E-state index contributed by atoms with van der Waals surface area (Å²) < 4.78 is 20.9. The van der Waals surface area contributed by atoms with Crippen LogP contribution in [0.15, 0.2) is 0 Å². The van der Waals surface area contributed by atoms with Crippen LogP contribution in [0.2, 0.25) is 0 Å². The molecule has 0 heterocycles. The lowest BCUT2D eigenvalue weighted by Crippen LogP contribution is -2.33. The number of hydrogen-bond donors (Lipinski definition) is 3. The number of aliphatic hydroxyl groups excluding tert-OH is 1. The third-order valence-electron chi connectivity index (χ3n) is 0.820. The fraction of sp³-hybridized carbons (Fsp3) is 0.750. The summed E-state index contributed by atoms with van der Waals surface area (Å²) in [4.78, 5) is 0. The summed E-state index contributed by atoms with van der Waals surface area (Å²) >= 11 is 0. The van der Waals surface area contributed by atoms with Crippen molar-refractivity contribution in [3.63, 3.8) is 0 Å². The lowest BCUT2D eigenvalue weighted by molar-refractivity contribution is 0.261. The van der Waals surface area contributed by atoms with Gasteiger partial charge in [-0.25, -0.2) is 8.42 Å². The Morgan fingerprint density at radius 1 is 1.80 bits per heavy atom. The monoisotopic (exact) mass is 166 g/mol. The van der Waals surface area contributed by atoms with E-state index < -0.39 is 27.5 Å². The molecule has 0 spiro atoms. The second kappa shape index (κ2) is 2.98. The van der Waals surface area contributed by atoms with Crippen molar-refractivity contribution in [1.29, 1.82) is 5.41 Å². The average molecular weight is 166 g/mol. The van der Waals surface area contributed by atoms with Crippen LogP contribution in [0.4, 0.5) is 0 Å². The predicted octanol–water partition coefficient (Wildman–Crippen LogP) is -1.67. The van der Waals surface area contributed by atoms with Crippen LogP contribution in [-0.2, 0) is 9.84 Å². The van der Waals surface area contributed by atoms with Gasteiger partial charge in [0.15, 0.2) is 0 Å². The molecule has 5 nitrogen and oxygen atoms in total. The maximum absolute atomic E-state index is 10.4. The number of amidine groups is 1. The number of sulfone groups is 1. The Labute approximate surface area is 59.3 Å². The number of hydrogen-bond acceptors (Lipinski definition) is 4. The summed E-state index contributed by atoms with van der Waals surface area (Å²) in [6.07, 6.45) is -0.394. The molecule has 10 heavy (non-hydrogen) atoms. The van der Waals surface area contributed by atoms with E-state index in [4.69, 9.17) is 16.2 Å². The topological polar surface area (TPSA) is 104 Å². The lowest BCUT2D eigenvalue weighted by atomic mass is 10.4. The summed E-state index contributed by atoms with van der Waals surface area (Å²) in [5, 5.41) is 15.4. The van der Waals surface area contributed by atoms with Crippen molar-refractivity contribution >= 4 is 15.7 Å². The predicted molar refractivity (Wildman–Crippen MR) is 37.6 cm³/mol. The van der Waals surface area contributed by atoms with E-state index in [1.807, 2.05) is 0 Å². The molecule has 4 N–H and O–H groups in total. The van der Waals surface area contributed by atoms with Gasteiger partial charge < -0.3 is 10.8 Å². The molecule has 60 valence electrons. The average Bonchev–Trinajstić information content (AvgIpc) is 1.60. The number of aliphatic hydroxyl groups is 1. The Morgan fingerprint density at radius 2 is 2.20 bits per heavy atom. The largest absolute Gasteiger partial charge is 0.385 e. The van der Waals surface area contributed by atoms with E-state index in [1.54, 1.807) is 0 Å². The molecule has 0 unspecified atom stereocenters. The van der Waals surface area contributed by atoms with Crippen LogP contribution < -0.4 is 5.73 Å². The molecular weight excluding hydrogens is 156 g/mol. The highest BCUT2D eigenvalue weighted by molar-refractivity contribution is 7.90. The van der Waals surface area contributed by atoms with Gasteiger partial charge in [0.05, 0.1) is 5.75 Å². The minimum atomic E-state index is -3.24. The number of rotatable bonds is 3. The van der Waals surface area contributed by atoms with Crippen molar-refractivity contribution in [2.75, 3.05) is 12.0 Å². The van der Waals surface area contributed by atoms with E-state index in [-0.39, 0.29) is 0 Å². The van der Waals surface area contributed by atoms with Gasteiger partial charge in [0.1, 0.15) is 21.8 Å². The van der Waals surface area contributed by atoms with E-state index in [0.717, 1.165) is 6.26 Å². The molecule has 0 aromatic heterocycles. The Hall–Kier alpha value is -0.620. The van der Waals surface area contributed by atoms with Crippen molar-refractivity contribution in [3.8, 4) is 0 Å². The van der Waals surface area contributed by atoms with Crippen LogP contribution in [0.5, 0.6) is 0 Å². The molecule has 0 amide bonds. The number of nitrogens with one attached hydrogen (secondary N) is 1. The van der Waals surface area contributed by atoms with Crippen molar-refractivity contribution in [1.82, 2.24) is 0 Å². The van der Waals surface area contributed by atoms with E-state index >= 15 is 0 Å². The molecule has 0 saturated heterocycles. The maximum atomic E-state index is 10.4. The molecule has 0 saturated carbocycles. The van der Waals surface area contributed by atoms with Crippen LogP contribution >= 0.6 is 0 Å². The minimum Gasteiger partial charge on any atom is -0.385 e. The van der Waals surface area contributed by atoms with Gasteiger partial charge in [-0.05, 0) is 0 Å². The third-order valence-corrected chi connectivity index (χ3v) is 1.74. The molecule has 0 bridgehead atoms. The van der Waals surface area contributed by atoms with Crippen LogP contribution in [0.25, 0.3) is 0 Å². The molecule has 0 aromatic carbocycles. The second-order valence-electron chi connectivity index (χ2n) is 2.06. The van der Waals surface area contributed by atoms with Gasteiger partial charge in [-0.15, -0.1) is 0 Å². The molecule has 0 aliphatic rings. The smallest absolute Gasteiger partial charge is 0.150 e. The maximum Gasteiger partial charge on any atom is 0.150 e. The first-order valence-corrected chi connectivity index (χ1v) is 4.58. The Balaban J connectivity index is 4.06. The highest BCUT2D eigenvalue weighted by atomic mass is 32.2. The molecule has 0 radical (unpaired) electrons. The molecule has 0 rings (SSSR count). The standard InChI is InChI=1S/C4H10N2O3S/c1-10(8,9)2-3(7)4(5)6/h3,7H,2H2,1H3,(H3,5,6)/t3-/m0/s1. The molecule has 6 heteroatoms. The highest BCUT2D eigenvalue weighted by Crippen LogP contribution is 1.88. The molecule has 0 aliphatic carbocycles. The Bertz CT molecular complexity index is 221. The summed E-state index contributed by atoms with van der Waals surface area (Å²) in [6.45, 7) is 0. The second-order valence-corrected chi connectivity index (χ2v) is 4.25. The Kier molecular flexibility index (Phi) is 2.79. The lowest BCUT2D eigenvalue weighted by Gasteiger charge is -2.04. The van der Waals surface area contributed by atoms with Crippen LogP contribution in [0, 0.1) is 5.41 Å².